The Bertz CT molecular complexity index is 564. The fourth-order valence-electron chi connectivity index (χ4n) is 2.12. The molecule has 1 N–H and O–H groups in total. The molecule has 20 heavy (non-hydrogen) atoms. The maximum Gasteiger partial charge on any atom is 0.246 e. The molecule has 108 valence electrons. The van der Waals surface area contributed by atoms with Gasteiger partial charge in [0.25, 0.3) is 0 Å². The Balaban J connectivity index is 2.17. The first-order valence-corrected chi connectivity index (χ1v) is 6.77. The van der Waals surface area contributed by atoms with Gasteiger partial charge in [0.2, 0.25) is 5.89 Å². The van der Waals surface area contributed by atoms with E-state index in [-0.39, 0.29) is 5.54 Å². The van der Waals surface area contributed by atoms with Crippen molar-refractivity contribution in [3.63, 3.8) is 0 Å². The normalized spacial score (nSPS) is 11.6. The summed E-state index contributed by atoms with van der Waals surface area (Å²) in [6, 6.07) is 7.85. The Kier molecular flexibility index (Phi) is 4.39. The van der Waals surface area contributed by atoms with E-state index in [1.807, 2.05) is 45.0 Å². The molecule has 5 heteroatoms. The summed E-state index contributed by atoms with van der Waals surface area (Å²) in [7, 11) is 1.66. The Labute approximate surface area is 119 Å². The number of nitrogens with zero attached hydrogens (tertiary/aromatic N) is 2. The van der Waals surface area contributed by atoms with Gasteiger partial charge < -0.3 is 14.6 Å². The third-order valence-electron chi connectivity index (χ3n) is 3.16. The molecule has 0 aliphatic rings. The summed E-state index contributed by atoms with van der Waals surface area (Å²) >= 11 is 0. The smallest absolute Gasteiger partial charge is 0.246 e. The zero-order chi connectivity index (χ0) is 14.6. The minimum atomic E-state index is -0.319. The highest BCUT2D eigenvalue weighted by atomic mass is 16.5. The quantitative estimate of drug-likeness (QED) is 0.877. The number of hydrogen-bond donors (Lipinski definition) is 1. The van der Waals surface area contributed by atoms with Gasteiger partial charge in [0.15, 0.2) is 5.82 Å². The molecule has 0 amide bonds. The van der Waals surface area contributed by atoms with Crippen LogP contribution in [0.4, 0.5) is 0 Å². The average Bonchev–Trinajstić information content (AvgIpc) is 2.89. The number of nitrogens with one attached hydrogen (secondary N) is 1. The first kappa shape index (κ1) is 14.5. The van der Waals surface area contributed by atoms with Crippen molar-refractivity contribution in [2.24, 2.45) is 0 Å². The summed E-state index contributed by atoms with van der Waals surface area (Å²) < 4.78 is 10.7. The number of hydrogen-bond acceptors (Lipinski definition) is 5. The van der Waals surface area contributed by atoms with Crippen LogP contribution in [0.15, 0.2) is 28.8 Å². The highest BCUT2D eigenvalue weighted by Gasteiger charge is 2.26. The van der Waals surface area contributed by atoms with Crippen LogP contribution in [0.2, 0.25) is 0 Å². The minimum Gasteiger partial charge on any atom is -0.496 e. The van der Waals surface area contributed by atoms with Crippen molar-refractivity contribution in [3.05, 3.63) is 41.5 Å². The predicted molar refractivity (Wildman–Crippen MR) is 76.8 cm³/mol. The Morgan fingerprint density at radius 3 is 2.75 bits per heavy atom. The second kappa shape index (κ2) is 6.05. The van der Waals surface area contributed by atoms with E-state index in [9.17, 15) is 0 Å². The molecule has 0 saturated heterocycles. The van der Waals surface area contributed by atoms with Gasteiger partial charge in [-0.05, 0) is 26.5 Å². The van der Waals surface area contributed by atoms with Gasteiger partial charge in [-0.15, -0.1) is 0 Å². The van der Waals surface area contributed by atoms with Gasteiger partial charge in [0.05, 0.1) is 12.6 Å². The van der Waals surface area contributed by atoms with Gasteiger partial charge in [0, 0.05) is 12.0 Å². The van der Waals surface area contributed by atoms with Gasteiger partial charge in [-0.2, -0.15) is 4.98 Å². The number of ether oxygens (including phenoxy) is 1. The maximum atomic E-state index is 5.36. The molecule has 1 aromatic carbocycles. The molecule has 2 aromatic rings. The van der Waals surface area contributed by atoms with Crippen LogP contribution in [0.1, 0.15) is 38.0 Å². The van der Waals surface area contributed by atoms with Crippen molar-refractivity contribution in [1.82, 2.24) is 15.5 Å². The van der Waals surface area contributed by atoms with E-state index in [4.69, 9.17) is 9.26 Å². The Morgan fingerprint density at radius 2 is 2.05 bits per heavy atom. The molecular weight excluding hydrogens is 254 g/mol. The standard InChI is InChI=1S/C15H21N3O2/c1-5-16-15(2,3)14-17-13(18-20-14)10-11-8-6-7-9-12(11)19-4/h6-9,16H,5,10H2,1-4H3. The van der Waals surface area contributed by atoms with Crippen LogP contribution in [0.25, 0.3) is 0 Å². The van der Waals surface area contributed by atoms with Crippen molar-refractivity contribution in [3.8, 4) is 5.75 Å². The molecule has 0 bridgehead atoms. The molecule has 0 aliphatic heterocycles. The van der Waals surface area contributed by atoms with Crippen molar-refractivity contribution in [2.45, 2.75) is 32.7 Å². The molecule has 5 nitrogen and oxygen atoms in total. The lowest BCUT2D eigenvalue weighted by atomic mass is 10.1. The summed E-state index contributed by atoms with van der Waals surface area (Å²) in [5.74, 6) is 2.10. The summed E-state index contributed by atoms with van der Waals surface area (Å²) in [5, 5.41) is 7.37. The summed E-state index contributed by atoms with van der Waals surface area (Å²) in [4.78, 5) is 4.48. The van der Waals surface area contributed by atoms with Crippen LogP contribution in [0.5, 0.6) is 5.75 Å². The average molecular weight is 275 g/mol. The SMILES string of the molecule is CCNC(C)(C)c1nc(Cc2ccccc2OC)no1. The zero-order valence-corrected chi connectivity index (χ0v) is 12.4. The van der Waals surface area contributed by atoms with Crippen molar-refractivity contribution < 1.29 is 9.26 Å². The lowest BCUT2D eigenvalue weighted by Crippen LogP contribution is -2.36. The lowest BCUT2D eigenvalue weighted by Gasteiger charge is -2.20. The molecule has 0 saturated carbocycles. The highest BCUT2D eigenvalue weighted by molar-refractivity contribution is 5.35. The third-order valence-corrected chi connectivity index (χ3v) is 3.16. The van der Waals surface area contributed by atoms with Crippen LogP contribution in [0, 0.1) is 0 Å². The molecule has 0 fully saturated rings. The molecule has 1 heterocycles. The van der Waals surface area contributed by atoms with E-state index in [1.54, 1.807) is 7.11 Å². The van der Waals surface area contributed by atoms with Crippen LogP contribution in [0.3, 0.4) is 0 Å². The lowest BCUT2D eigenvalue weighted by molar-refractivity contribution is 0.271. The largest absolute Gasteiger partial charge is 0.496 e. The van der Waals surface area contributed by atoms with E-state index in [1.165, 1.54) is 0 Å². The number of methoxy groups -OCH3 is 1. The Morgan fingerprint density at radius 1 is 1.30 bits per heavy atom. The van der Waals surface area contributed by atoms with Gasteiger partial charge >= 0.3 is 0 Å². The maximum absolute atomic E-state index is 5.36. The van der Waals surface area contributed by atoms with Gasteiger partial charge in [-0.25, -0.2) is 0 Å². The minimum absolute atomic E-state index is 0.319. The second-order valence-electron chi connectivity index (χ2n) is 5.16. The van der Waals surface area contributed by atoms with E-state index < -0.39 is 0 Å². The predicted octanol–water partition coefficient (Wildman–Crippen LogP) is 2.51. The molecule has 0 atom stereocenters. The number of rotatable bonds is 6. The molecule has 2 rings (SSSR count). The third kappa shape index (κ3) is 3.17. The fraction of sp³-hybridized carbons (Fsp3) is 0.467. The van der Waals surface area contributed by atoms with Crippen LogP contribution in [-0.2, 0) is 12.0 Å². The molecule has 0 spiro atoms. The van der Waals surface area contributed by atoms with Crippen molar-refractivity contribution >= 4 is 0 Å². The monoisotopic (exact) mass is 275 g/mol. The second-order valence-corrected chi connectivity index (χ2v) is 5.16. The van der Waals surface area contributed by atoms with Crippen molar-refractivity contribution in [2.75, 3.05) is 13.7 Å². The Hall–Kier alpha value is -1.88. The van der Waals surface area contributed by atoms with Crippen LogP contribution < -0.4 is 10.1 Å². The number of aromatic nitrogens is 2. The van der Waals surface area contributed by atoms with Crippen LogP contribution >= 0.6 is 0 Å². The molecule has 0 radical (unpaired) electrons. The fourth-order valence-corrected chi connectivity index (χ4v) is 2.12. The van der Waals surface area contributed by atoms with Gasteiger partial charge in [-0.1, -0.05) is 30.3 Å². The van der Waals surface area contributed by atoms with Crippen LogP contribution in [-0.4, -0.2) is 23.8 Å². The van der Waals surface area contributed by atoms with E-state index in [0.29, 0.717) is 18.1 Å². The number of para-hydroxylation sites is 1. The molecule has 1 aromatic heterocycles. The first-order valence-electron chi connectivity index (χ1n) is 6.77. The van der Waals surface area contributed by atoms with E-state index in [2.05, 4.69) is 15.5 Å². The van der Waals surface area contributed by atoms with Gasteiger partial charge in [-0.3, -0.25) is 0 Å². The highest BCUT2D eigenvalue weighted by Crippen LogP contribution is 2.22. The first-order chi connectivity index (χ1) is 9.56. The number of benzene rings is 1. The van der Waals surface area contributed by atoms with Crippen molar-refractivity contribution in [1.29, 1.82) is 0 Å². The summed E-state index contributed by atoms with van der Waals surface area (Å²) in [6.45, 7) is 6.94. The van der Waals surface area contributed by atoms with Gasteiger partial charge in [0.1, 0.15) is 5.75 Å². The topological polar surface area (TPSA) is 60.2 Å². The molecule has 0 unspecified atom stereocenters. The zero-order valence-electron chi connectivity index (χ0n) is 12.4. The summed E-state index contributed by atoms with van der Waals surface area (Å²) in [6.07, 6.45) is 0.593. The molecular formula is C15H21N3O2. The molecule has 0 aliphatic carbocycles. The summed E-state index contributed by atoms with van der Waals surface area (Å²) in [5.41, 5.74) is 0.726. The van der Waals surface area contributed by atoms with E-state index in [0.717, 1.165) is 17.9 Å². The van der Waals surface area contributed by atoms with E-state index >= 15 is 0 Å².